The first-order valence-corrected chi connectivity index (χ1v) is 5.58. The molecule has 3 nitrogen and oxygen atoms in total. The van der Waals surface area contributed by atoms with E-state index >= 15 is 0 Å². The molecule has 0 spiro atoms. The molecule has 0 bridgehead atoms. The molecule has 0 aromatic rings. The second-order valence-corrected chi connectivity index (χ2v) is 4.09. The third-order valence-corrected chi connectivity index (χ3v) is 2.73. The summed E-state index contributed by atoms with van der Waals surface area (Å²) < 4.78 is 10.5. The number of rotatable bonds is 4. The summed E-state index contributed by atoms with van der Waals surface area (Å²) in [6, 6.07) is 0. The molecule has 0 aliphatic carbocycles. The first kappa shape index (κ1) is 12.2. The van der Waals surface area contributed by atoms with E-state index in [9.17, 15) is 4.79 Å². The van der Waals surface area contributed by atoms with Crippen molar-refractivity contribution in [2.45, 2.75) is 46.1 Å². The minimum Gasteiger partial charge on any atom is -0.464 e. The fourth-order valence-electron chi connectivity index (χ4n) is 1.42. The van der Waals surface area contributed by atoms with E-state index in [1.165, 1.54) is 11.1 Å². The Balaban J connectivity index is 2.36. The van der Waals surface area contributed by atoms with Gasteiger partial charge in [0.15, 0.2) is 6.10 Å². The molecule has 0 N–H and O–H groups in total. The van der Waals surface area contributed by atoms with E-state index in [2.05, 4.69) is 6.92 Å². The highest BCUT2D eigenvalue weighted by atomic mass is 16.6. The van der Waals surface area contributed by atoms with Crippen LogP contribution in [-0.4, -0.2) is 25.3 Å². The largest absolute Gasteiger partial charge is 0.464 e. The molecule has 0 unspecified atom stereocenters. The summed E-state index contributed by atoms with van der Waals surface area (Å²) in [6.07, 6.45) is 2.26. The maximum Gasteiger partial charge on any atom is 0.335 e. The molecule has 0 aromatic carbocycles. The van der Waals surface area contributed by atoms with Crippen LogP contribution in [0.2, 0.25) is 0 Å². The monoisotopic (exact) mass is 212 g/mol. The van der Waals surface area contributed by atoms with Gasteiger partial charge in [0.2, 0.25) is 0 Å². The van der Waals surface area contributed by atoms with Crippen molar-refractivity contribution in [3.8, 4) is 0 Å². The van der Waals surface area contributed by atoms with Crippen molar-refractivity contribution in [2.75, 3.05) is 13.2 Å². The van der Waals surface area contributed by atoms with E-state index in [0.29, 0.717) is 19.6 Å². The maximum atomic E-state index is 11.6. The lowest BCUT2D eigenvalue weighted by atomic mass is 10.0. The van der Waals surface area contributed by atoms with Crippen LogP contribution in [0, 0.1) is 0 Å². The van der Waals surface area contributed by atoms with Gasteiger partial charge in [0.25, 0.3) is 0 Å². The van der Waals surface area contributed by atoms with E-state index in [0.717, 1.165) is 12.8 Å². The minimum absolute atomic E-state index is 0.213. The molecule has 1 rings (SSSR count). The van der Waals surface area contributed by atoms with Crippen molar-refractivity contribution >= 4 is 5.97 Å². The Hall–Kier alpha value is -0.830. The highest BCUT2D eigenvalue weighted by Crippen LogP contribution is 2.20. The molecule has 0 amide bonds. The van der Waals surface area contributed by atoms with Crippen LogP contribution in [0.1, 0.15) is 40.0 Å². The summed E-state index contributed by atoms with van der Waals surface area (Å²) in [7, 11) is 0. The first-order chi connectivity index (χ1) is 7.15. The summed E-state index contributed by atoms with van der Waals surface area (Å²) >= 11 is 0. The van der Waals surface area contributed by atoms with Crippen molar-refractivity contribution in [3.05, 3.63) is 11.1 Å². The Labute approximate surface area is 91.4 Å². The second kappa shape index (κ2) is 5.91. The summed E-state index contributed by atoms with van der Waals surface area (Å²) in [5, 5.41) is 0. The number of hydrogen-bond acceptors (Lipinski definition) is 3. The number of carbonyl (C=O) groups is 1. The Morgan fingerprint density at radius 1 is 1.47 bits per heavy atom. The van der Waals surface area contributed by atoms with Gasteiger partial charge in [-0.3, -0.25) is 0 Å². The summed E-state index contributed by atoms with van der Waals surface area (Å²) in [5.41, 5.74) is 2.48. The van der Waals surface area contributed by atoms with E-state index in [1.807, 2.05) is 13.8 Å². The van der Waals surface area contributed by atoms with Crippen LogP contribution in [0.15, 0.2) is 11.1 Å². The number of carbonyl (C=O) groups excluding carboxylic acids is 1. The van der Waals surface area contributed by atoms with Gasteiger partial charge in [-0.05, 0) is 25.8 Å². The average molecular weight is 212 g/mol. The quantitative estimate of drug-likeness (QED) is 0.408. The summed E-state index contributed by atoms with van der Waals surface area (Å²) in [5.74, 6) is -0.213. The predicted molar refractivity (Wildman–Crippen MR) is 58.6 cm³/mol. The third-order valence-electron chi connectivity index (χ3n) is 2.73. The zero-order valence-electron chi connectivity index (χ0n) is 9.84. The molecule has 0 saturated carbocycles. The van der Waals surface area contributed by atoms with Crippen LogP contribution in [-0.2, 0) is 14.3 Å². The average Bonchev–Trinajstić information content (AvgIpc) is 2.22. The standard InChI is InChI=1S/C12H20O3/c1-4-5-6-14-12(13)11-7-9(2)10(3)8-15-11/h11H,4-8H2,1-3H3/t11-/m1/s1. The van der Waals surface area contributed by atoms with Crippen molar-refractivity contribution in [3.63, 3.8) is 0 Å². The van der Waals surface area contributed by atoms with Crippen LogP contribution in [0.5, 0.6) is 0 Å². The molecule has 0 fully saturated rings. The molecule has 1 aliphatic heterocycles. The van der Waals surface area contributed by atoms with Gasteiger partial charge in [0.1, 0.15) is 0 Å². The van der Waals surface area contributed by atoms with Gasteiger partial charge in [-0.2, -0.15) is 0 Å². The topological polar surface area (TPSA) is 35.5 Å². The molecule has 15 heavy (non-hydrogen) atoms. The van der Waals surface area contributed by atoms with E-state index < -0.39 is 0 Å². The molecular formula is C12H20O3. The summed E-state index contributed by atoms with van der Waals surface area (Å²) in [6.45, 7) is 7.22. The normalized spacial score (nSPS) is 21.7. The molecule has 86 valence electrons. The van der Waals surface area contributed by atoms with Crippen LogP contribution in [0.4, 0.5) is 0 Å². The highest BCUT2D eigenvalue weighted by Gasteiger charge is 2.25. The Bertz CT molecular complexity index is 256. The molecule has 0 radical (unpaired) electrons. The van der Waals surface area contributed by atoms with E-state index in [-0.39, 0.29) is 12.1 Å². The van der Waals surface area contributed by atoms with Gasteiger partial charge in [-0.1, -0.05) is 18.9 Å². The van der Waals surface area contributed by atoms with Crippen molar-refractivity contribution in [1.29, 1.82) is 0 Å². The van der Waals surface area contributed by atoms with Crippen LogP contribution in [0.25, 0.3) is 0 Å². The summed E-state index contributed by atoms with van der Waals surface area (Å²) in [4.78, 5) is 11.6. The number of unbranched alkanes of at least 4 members (excludes halogenated alkanes) is 1. The van der Waals surface area contributed by atoms with Gasteiger partial charge in [-0.25, -0.2) is 4.79 Å². The molecule has 1 heterocycles. The Morgan fingerprint density at radius 3 is 2.80 bits per heavy atom. The van der Waals surface area contributed by atoms with Crippen LogP contribution >= 0.6 is 0 Å². The molecule has 0 saturated heterocycles. The van der Waals surface area contributed by atoms with Crippen molar-refractivity contribution in [2.24, 2.45) is 0 Å². The molecule has 1 aliphatic rings. The zero-order valence-corrected chi connectivity index (χ0v) is 9.84. The molecule has 1 atom stereocenters. The fraction of sp³-hybridized carbons (Fsp3) is 0.750. The first-order valence-electron chi connectivity index (χ1n) is 5.58. The predicted octanol–water partition coefficient (Wildman–Crippen LogP) is 2.46. The highest BCUT2D eigenvalue weighted by molar-refractivity contribution is 5.75. The van der Waals surface area contributed by atoms with Gasteiger partial charge in [-0.15, -0.1) is 0 Å². The SMILES string of the molecule is CCCCOC(=O)[C@H]1CC(C)=C(C)CO1. The zero-order chi connectivity index (χ0) is 11.3. The van der Waals surface area contributed by atoms with Gasteiger partial charge in [0, 0.05) is 6.42 Å². The Morgan fingerprint density at radius 2 is 2.20 bits per heavy atom. The van der Waals surface area contributed by atoms with Gasteiger partial charge in [0.05, 0.1) is 13.2 Å². The second-order valence-electron chi connectivity index (χ2n) is 4.09. The number of esters is 1. The minimum atomic E-state index is -0.384. The lowest BCUT2D eigenvalue weighted by molar-refractivity contribution is -0.157. The van der Waals surface area contributed by atoms with Crippen LogP contribution < -0.4 is 0 Å². The van der Waals surface area contributed by atoms with E-state index in [1.54, 1.807) is 0 Å². The molecular weight excluding hydrogens is 192 g/mol. The van der Waals surface area contributed by atoms with Gasteiger partial charge >= 0.3 is 5.97 Å². The lowest BCUT2D eigenvalue weighted by Crippen LogP contribution is -2.31. The maximum absolute atomic E-state index is 11.6. The smallest absolute Gasteiger partial charge is 0.335 e. The third kappa shape index (κ3) is 3.67. The fourth-order valence-corrected chi connectivity index (χ4v) is 1.42. The number of ether oxygens (including phenoxy) is 2. The van der Waals surface area contributed by atoms with E-state index in [4.69, 9.17) is 9.47 Å². The molecule has 0 aromatic heterocycles. The van der Waals surface area contributed by atoms with Gasteiger partial charge < -0.3 is 9.47 Å². The van der Waals surface area contributed by atoms with Crippen molar-refractivity contribution < 1.29 is 14.3 Å². The Kier molecular flexibility index (Phi) is 4.82. The van der Waals surface area contributed by atoms with Crippen LogP contribution in [0.3, 0.4) is 0 Å². The lowest BCUT2D eigenvalue weighted by Gasteiger charge is -2.23. The molecule has 3 heteroatoms. The van der Waals surface area contributed by atoms with Crippen molar-refractivity contribution in [1.82, 2.24) is 0 Å². The number of hydrogen-bond donors (Lipinski definition) is 0.